The Labute approximate surface area is 174 Å². The van der Waals surface area contributed by atoms with Gasteiger partial charge in [-0.25, -0.2) is 0 Å². The van der Waals surface area contributed by atoms with Gasteiger partial charge in [-0.15, -0.1) is 0 Å². The zero-order valence-electron chi connectivity index (χ0n) is 15.2. The third-order valence-corrected chi connectivity index (χ3v) is 5.46. The Hall–Kier alpha value is -0.940. The molecular weight excluding hydrogens is 437 g/mol. The van der Waals surface area contributed by atoms with Crippen molar-refractivity contribution < 1.29 is 9.47 Å². The van der Waals surface area contributed by atoms with Gasteiger partial charge in [0.2, 0.25) is 0 Å². The first-order valence-corrected chi connectivity index (χ1v) is 10.1. The SMILES string of the molecule is COc1ccc(Br)c(CNCCC(C)C)c1OCc1c(Cl)cccc1Cl. The first-order chi connectivity index (χ1) is 12.4. The lowest BCUT2D eigenvalue weighted by Gasteiger charge is -2.18. The summed E-state index contributed by atoms with van der Waals surface area (Å²) in [5.41, 5.74) is 1.77. The zero-order chi connectivity index (χ0) is 19.1. The monoisotopic (exact) mass is 459 g/mol. The van der Waals surface area contributed by atoms with Gasteiger partial charge < -0.3 is 14.8 Å². The second-order valence-corrected chi connectivity index (χ2v) is 8.07. The van der Waals surface area contributed by atoms with Gasteiger partial charge in [-0.05, 0) is 43.1 Å². The lowest BCUT2D eigenvalue weighted by atomic mass is 10.1. The summed E-state index contributed by atoms with van der Waals surface area (Å²) in [4.78, 5) is 0. The molecule has 2 rings (SSSR count). The minimum Gasteiger partial charge on any atom is -0.493 e. The Balaban J connectivity index is 2.20. The molecule has 0 spiro atoms. The van der Waals surface area contributed by atoms with Crippen LogP contribution in [-0.2, 0) is 13.2 Å². The van der Waals surface area contributed by atoms with E-state index in [2.05, 4.69) is 35.1 Å². The molecule has 0 unspecified atom stereocenters. The van der Waals surface area contributed by atoms with Gasteiger partial charge in [0.25, 0.3) is 0 Å². The fraction of sp³-hybridized carbons (Fsp3) is 0.400. The molecule has 3 nitrogen and oxygen atoms in total. The number of halogens is 3. The minimum absolute atomic E-state index is 0.268. The summed E-state index contributed by atoms with van der Waals surface area (Å²) in [7, 11) is 1.63. The van der Waals surface area contributed by atoms with Crippen LogP contribution in [0.5, 0.6) is 11.5 Å². The number of hydrogen-bond acceptors (Lipinski definition) is 3. The predicted octanol–water partition coefficient (Wildman–Crippen LogP) is 6.48. The van der Waals surface area contributed by atoms with Gasteiger partial charge in [-0.3, -0.25) is 0 Å². The Kier molecular flexibility index (Phi) is 8.55. The third kappa shape index (κ3) is 5.78. The van der Waals surface area contributed by atoms with Gasteiger partial charge >= 0.3 is 0 Å². The molecule has 0 aliphatic heterocycles. The summed E-state index contributed by atoms with van der Waals surface area (Å²) in [6.07, 6.45) is 1.12. The predicted molar refractivity (Wildman–Crippen MR) is 113 cm³/mol. The lowest BCUT2D eigenvalue weighted by molar-refractivity contribution is 0.280. The van der Waals surface area contributed by atoms with Gasteiger partial charge in [0.1, 0.15) is 6.61 Å². The van der Waals surface area contributed by atoms with Crippen molar-refractivity contribution in [2.75, 3.05) is 13.7 Å². The number of methoxy groups -OCH3 is 1. The van der Waals surface area contributed by atoms with Crippen LogP contribution < -0.4 is 14.8 Å². The number of rotatable bonds is 9. The minimum atomic E-state index is 0.268. The number of ether oxygens (including phenoxy) is 2. The molecule has 0 saturated carbocycles. The summed E-state index contributed by atoms with van der Waals surface area (Å²) in [5.74, 6) is 2.03. The molecule has 0 atom stereocenters. The molecule has 2 aromatic carbocycles. The van der Waals surface area contributed by atoms with Gasteiger partial charge in [-0.1, -0.05) is 59.0 Å². The van der Waals surface area contributed by atoms with Crippen molar-refractivity contribution in [1.29, 1.82) is 0 Å². The van der Waals surface area contributed by atoms with E-state index in [1.807, 2.05) is 18.2 Å². The van der Waals surface area contributed by atoms with Crippen molar-refractivity contribution >= 4 is 39.1 Å². The van der Waals surface area contributed by atoms with Crippen molar-refractivity contribution in [3.05, 3.63) is 56.0 Å². The van der Waals surface area contributed by atoms with Crippen LogP contribution in [0.25, 0.3) is 0 Å². The van der Waals surface area contributed by atoms with E-state index >= 15 is 0 Å². The average Bonchev–Trinajstić information content (AvgIpc) is 2.59. The molecule has 0 bridgehead atoms. The highest BCUT2D eigenvalue weighted by atomic mass is 79.9. The third-order valence-electron chi connectivity index (χ3n) is 4.01. The maximum atomic E-state index is 6.26. The van der Waals surface area contributed by atoms with Gasteiger partial charge in [0.05, 0.1) is 7.11 Å². The smallest absolute Gasteiger partial charge is 0.167 e. The van der Waals surface area contributed by atoms with Crippen LogP contribution in [0.2, 0.25) is 10.0 Å². The number of benzene rings is 2. The summed E-state index contributed by atoms with van der Waals surface area (Å²) in [6, 6.07) is 9.27. The number of nitrogens with one attached hydrogen (secondary N) is 1. The molecule has 0 heterocycles. The zero-order valence-corrected chi connectivity index (χ0v) is 18.3. The van der Waals surface area contributed by atoms with Gasteiger partial charge in [0.15, 0.2) is 11.5 Å². The molecule has 142 valence electrons. The van der Waals surface area contributed by atoms with Crippen LogP contribution in [0.4, 0.5) is 0 Å². The molecule has 0 saturated heterocycles. The second-order valence-electron chi connectivity index (χ2n) is 6.41. The summed E-state index contributed by atoms with van der Waals surface area (Å²) < 4.78 is 12.6. The molecule has 26 heavy (non-hydrogen) atoms. The second kappa shape index (κ2) is 10.4. The topological polar surface area (TPSA) is 30.5 Å². The first kappa shape index (κ1) is 21.4. The van der Waals surface area contributed by atoms with E-state index in [-0.39, 0.29) is 6.61 Å². The first-order valence-electron chi connectivity index (χ1n) is 8.55. The van der Waals surface area contributed by atoms with Crippen molar-refractivity contribution in [3.63, 3.8) is 0 Å². The van der Waals surface area contributed by atoms with Crippen LogP contribution in [-0.4, -0.2) is 13.7 Å². The molecule has 0 amide bonds. The van der Waals surface area contributed by atoms with Crippen molar-refractivity contribution in [3.8, 4) is 11.5 Å². The van der Waals surface area contributed by atoms with Crippen LogP contribution in [0.15, 0.2) is 34.8 Å². The Morgan fingerprint density at radius 1 is 1.08 bits per heavy atom. The molecule has 1 N–H and O–H groups in total. The fourth-order valence-corrected chi connectivity index (χ4v) is 3.44. The molecule has 2 aromatic rings. The normalized spacial score (nSPS) is 11.0. The van der Waals surface area contributed by atoms with Crippen molar-refractivity contribution in [2.45, 2.75) is 33.4 Å². The van der Waals surface area contributed by atoms with E-state index in [9.17, 15) is 0 Å². The summed E-state index contributed by atoms with van der Waals surface area (Å²) in [6.45, 7) is 6.31. The van der Waals surface area contributed by atoms with Crippen LogP contribution in [0.3, 0.4) is 0 Å². The number of hydrogen-bond donors (Lipinski definition) is 1. The van der Waals surface area contributed by atoms with E-state index < -0.39 is 0 Å². The lowest BCUT2D eigenvalue weighted by Crippen LogP contribution is -2.17. The average molecular weight is 461 g/mol. The summed E-state index contributed by atoms with van der Waals surface area (Å²) >= 11 is 16.1. The molecule has 0 fully saturated rings. The van der Waals surface area contributed by atoms with E-state index in [1.54, 1.807) is 19.2 Å². The van der Waals surface area contributed by atoms with Gasteiger partial charge in [0, 0.05) is 32.2 Å². The van der Waals surface area contributed by atoms with E-state index in [4.69, 9.17) is 32.7 Å². The largest absolute Gasteiger partial charge is 0.493 e. The maximum absolute atomic E-state index is 6.26. The Morgan fingerprint density at radius 2 is 1.77 bits per heavy atom. The quantitative estimate of drug-likeness (QED) is 0.434. The van der Waals surface area contributed by atoms with Crippen molar-refractivity contribution in [1.82, 2.24) is 5.32 Å². The molecular formula is C20H24BrCl2NO2. The van der Waals surface area contributed by atoms with Crippen LogP contribution >= 0.6 is 39.1 Å². The molecule has 0 aromatic heterocycles. The summed E-state index contributed by atoms with van der Waals surface area (Å²) in [5, 5.41) is 4.64. The Bertz CT molecular complexity index is 718. The maximum Gasteiger partial charge on any atom is 0.167 e. The molecule has 0 aliphatic rings. The van der Waals surface area contributed by atoms with Crippen molar-refractivity contribution in [2.24, 2.45) is 5.92 Å². The standard InChI is InChI=1S/C20H24BrCl2NO2/c1-13(2)9-10-24-11-14-16(21)7-8-19(25-3)20(14)26-12-15-17(22)5-4-6-18(15)23/h4-8,13,24H,9-12H2,1-3H3. The van der Waals surface area contributed by atoms with E-state index in [0.717, 1.165) is 28.6 Å². The van der Waals surface area contributed by atoms with E-state index in [1.165, 1.54) is 0 Å². The molecule has 0 aliphatic carbocycles. The molecule has 6 heteroatoms. The Morgan fingerprint density at radius 3 is 2.38 bits per heavy atom. The molecule has 0 radical (unpaired) electrons. The highest BCUT2D eigenvalue weighted by molar-refractivity contribution is 9.10. The van der Waals surface area contributed by atoms with E-state index in [0.29, 0.717) is 34.0 Å². The van der Waals surface area contributed by atoms with Crippen LogP contribution in [0, 0.1) is 5.92 Å². The highest BCUT2D eigenvalue weighted by Crippen LogP contribution is 2.37. The van der Waals surface area contributed by atoms with Gasteiger partial charge in [-0.2, -0.15) is 0 Å². The van der Waals surface area contributed by atoms with Crippen LogP contribution in [0.1, 0.15) is 31.4 Å². The fourth-order valence-electron chi connectivity index (χ4n) is 2.48. The highest BCUT2D eigenvalue weighted by Gasteiger charge is 2.16.